The van der Waals surface area contributed by atoms with Crippen LogP contribution in [0.25, 0.3) is 0 Å². The van der Waals surface area contributed by atoms with Gasteiger partial charge in [-0.15, -0.1) is 0 Å². The van der Waals surface area contributed by atoms with Crippen LogP contribution in [-0.4, -0.2) is 11.4 Å². The molecule has 0 aromatic carbocycles. The third-order valence-electron chi connectivity index (χ3n) is 2.07. The van der Waals surface area contributed by atoms with E-state index in [-0.39, 0.29) is 0 Å². The molecular weight excluding hydrogens is 182 g/mol. The maximum Gasteiger partial charge on any atom is 0.0407 e. The monoisotopic (exact) mass is 203 g/mol. The molecule has 0 unspecified atom stereocenters. The fourth-order valence-corrected chi connectivity index (χ4v) is 1.43. The molecule has 15 heavy (non-hydrogen) atoms. The Hall–Kier alpha value is -1.50. The summed E-state index contributed by atoms with van der Waals surface area (Å²) in [6.45, 7) is 14.6. The average molecular weight is 203 g/mol. The van der Waals surface area contributed by atoms with Crippen LogP contribution in [0.2, 0.25) is 0 Å². The molecule has 0 aromatic rings. The maximum absolute atomic E-state index is 3.82. The summed E-state index contributed by atoms with van der Waals surface area (Å²) in [5.41, 5.74) is 2.24. The SMILES string of the molecule is C=C/C=C(\C=C/C)N(CC)/C(C=C)=C/C. The number of nitrogens with zero attached hydrogens (tertiary/aromatic N) is 1. The minimum atomic E-state index is 0.912. The third kappa shape index (κ3) is 4.03. The van der Waals surface area contributed by atoms with E-state index in [0.29, 0.717) is 0 Å². The van der Waals surface area contributed by atoms with Crippen LogP contribution in [0.4, 0.5) is 0 Å². The molecule has 82 valence electrons. The molecule has 0 aliphatic rings. The van der Waals surface area contributed by atoms with Gasteiger partial charge >= 0.3 is 0 Å². The highest BCUT2D eigenvalue weighted by Crippen LogP contribution is 2.15. The normalized spacial score (nSPS) is 13.0. The smallest absolute Gasteiger partial charge is 0.0407 e. The lowest BCUT2D eigenvalue weighted by atomic mass is 10.2. The Balaban J connectivity index is 5.14. The molecule has 0 N–H and O–H groups in total. The summed E-state index contributed by atoms with van der Waals surface area (Å²) >= 11 is 0. The van der Waals surface area contributed by atoms with E-state index >= 15 is 0 Å². The third-order valence-corrected chi connectivity index (χ3v) is 2.07. The van der Waals surface area contributed by atoms with Gasteiger partial charge in [0.2, 0.25) is 0 Å². The van der Waals surface area contributed by atoms with Crippen molar-refractivity contribution in [2.75, 3.05) is 6.54 Å². The Morgan fingerprint density at radius 3 is 2.20 bits per heavy atom. The molecule has 0 amide bonds. The molecule has 1 nitrogen and oxygen atoms in total. The molecule has 0 rings (SSSR count). The summed E-state index contributed by atoms with van der Waals surface area (Å²) in [5, 5.41) is 0. The molecule has 0 bridgehead atoms. The van der Waals surface area contributed by atoms with Gasteiger partial charge in [0.15, 0.2) is 0 Å². The zero-order chi connectivity index (χ0) is 11.7. The molecule has 0 spiro atoms. The van der Waals surface area contributed by atoms with Crippen molar-refractivity contribution in [2.24, 2.45) is 0 Å². The van der Waals surface area contributed by atoms with Crippen molar-refractivity contribution in [3.63, 3.8) is 0 Å². The number of rotatable bonds is 6. The fourth-order valence-electron chi connectivity index (χ4n) is 1.43. The zero-order valence-corrected chi connectivity index (χ0v) is 10.0. The van der Waals surface area contributed by atoms with Gasteiger partial charge < -0.3 is 4.90 Å². The Labute approximate surface area is 93.8 Å². The summed E-state index contributed by atoms with van der Waals surface area (Å²) in [6.07, 6.45) is 11.8. The molecule has 0 fully saturated rings. The van der Waals surface area contributed by atoms with Crippen molar-refractivity contribution < 1.29 is 0 Å². The van der Waals surface area contributed by atoms with Gasteiger partial charge in [0, 0.05) is 17.9 Å². The molecule has 0 aromatic heterocycles. The summed E-state index contributed by atoms with van der Waals surface area (Å²) in [5.74, 6) is 0. The summed E-state index contributed by atoms with van der Waals surface area (Å²) < 4.78 is 0. The first-order valence-electron chi connectivity index (χ1n) is 5.26. The molecule has 0 aliphatic heterocycles. The zero-order valence-electron chi connectivity index (χ0n) is 10.0. The molecule has 0 heterocycles. The molecule has 1 heteroatoms. The second kappa shape index (κ2) is 7.86. The lowest BCUT2D eigenvalue weighted by Gasteiger charge is -2.25. The van der Waals surface area contributed by atoms with Crippen LogP contribution in [0.1, 0.15) is 20.8 Å². The highest BCUT2D eigenvalue weighted by Gasteiger charge is 2.05. The van der Waals surface area contributed by atoms with Crippen molar-refractivity contribution in [3.05, 3.63) is 61.0 Å². The van der Waals surface area contributed by atoms with Gasteiger partial charge in [0.25, 0.3) is 0 Å². The van der Waals surface area contributed by atoms with E-state index in [1.54, 1.807) is 6.08 Å². The lowest BCUT2D eigenvalue weighted by Crippen LogP contribution is -2.19. The Morgan fingerprint density at radius 1 is 1.20 bits per heavy atom. The predicted octanol–water partition coefficient (Wildman–Crippen LogP) is 4.04. The van der Waals surface area contributed by atoms with E-state index < -0.39 is 0 Å². The van der Waals surface area contributed by atoms with Crippen molar-refractivity contribution in [3.8, 4) is 0 Å². The van der Waals surface area contributed by atoms with Gasteiger partial charge in [0.05, 0.1) is 0 Å². The second-order valence-corrected chi connectivity index (χ2v) is 2.99. The second-order valence-electron chi connectivity index (χ2n) is 2.99. The highest BCUT2D eigenvalue weighted by molar-refractivity contribution is 5.29. The van der Waals surface area contributed by atoms with Gasteiger partial charge in [-0.25, -0.2) is 0 Å². The number of allylic oxidation sites excluding steroid dienone is 6. The fraction of sp³-hybridized carbons (Fsp3) is 0.286. The van der Waals surface area contributed by atoms with E-state index in [4.69, 9.17) is 0 Å². The molecule has 0 saturated heterocycles. The van der Waals surface area contributed by atoms with Gasteiger partial charge in [-0.05, 0) is 39.0 Å². The first kappa shape index (κ1) is 13.5. The van der Waals surface area contributed by atoms with Gasteiger partial charge in [-0.3, -0.25) is 0 Å². The van der Waals surface area contributed by atoms with Gasteiger partial charge in [-0.2, -0.15) is 0 Å². The molecule has 0 saturated carbocycles. The van der Waals surface area contributed by atoms with Crippen molar-refractivity contribution in [2.45, 2.75) is 20.8 Å². The molecule has 0 atom stereocenters. The predicted molar refractivity (Wildman–Crippen MR) is 69.4 cm³/mol. The Kier molecular flexibility index (Phi) is 7.08. The maximum atomic E-state index is 3.82. The summed E-state index contributed by atoms with van der Waals surface area (Å²) in [4.78, 5) is 2.19. The topological polar surface area (TPSA) is 3.24 Å². The Bertz CT molecular complexity index is 292. The molecule has 0 radical (unpaired) electrons. The first-order valence-corrected chi connectivity index (χ1v) is 5.26. The van der Waals surface area contributed by atoms with E-state index in [1.165, 1.54) is 0 Å². The van der Waals surface area contributed by atoms with Crippen LogP contribution < -0.4 is 0 Å². The number of hydrogen-bond donors (Lipinski definition) is 0. The van der Waals surface area contributed by atoms with Crippen molar-refractivity contribution in [1.82, 2.24) is 4.90 Å². The number of hydrogen-bond acceptors (Lipinski definition) is 1. The van der Waals surface area contributed by atoms with Gasteiger partial charge in [0.1, 0.15) is 0 Å². The van der Waals surface area contributed by atoms with E-state index in [2.05, 4.69) is 37.1 Å². The number of likely N-dealkylation sites (N-methyl/N-ethyl adjacent to an activating group) is 1. The van der Waals surface area contributed by atoms with E-state index in [9.17, 15) is 0 Å². The minimum absolute atomic E-state index is 0.912. The lowest BCUT2D eigenvalue weighted by molar-refractivity contribution is 0.478. The van der Waals surface area contributed by atoms with Crippen LogP contribution in [-0.2, 0) is 0 Å². The summed E-state index contributed by atoms with van der Waals surface area (Å²) in [7, 11) is 0. The first-order chi connectivity index (χ1) is 7.24. The molecule has 0 aliphatic carbocycles. The van der Waals surface area contributed by atoms with Crippen LogP contribution in [0.3, 0.4) is 0 Å². The van der Waals surface area contributed by atoms with E-state index in [0.717, 1.165) is 17.9 Å². The largest absolute Gasteiger partial charge is 0.342 e. The quantitative estimate of drug-likeness (QED) is 0.589. The van der Waals surface area contributed by atoms with Crippen LogP contribution in [0, 0.1) is 0 Å². The summed E-state index contributed by atoms with van der Waals surface area (Å²) in [6, 6.07) is 0. The van der Waals surface area contributed by atoms with E-state index in [1.807, 2.05) is 32.1 Å². The Morgan fingerprint density at radius 2 is 1.87 bits per heavy atom. The molecular formula is C14H21N. The van der Waals surface area contributed by atoms with Gasteiger partial charge in [-0.1, -0.05) is 31.4 Å². The standard InChI is InChI=1S/C14H21N/c1-6-11-14(12-7-2)15(10-5)13(8-3)9-4/h6-9,11-12H,1,3,10H2,2,4-5H3/b12-7-,13-9+,14-11+. The van der Waals surface area contributed by atoms with Crippen LogP contribution in [0.5, 0.6) is 0 Å². The van der Waals surface area contributed by atoms with Crippen LogP contribution >= 0.6 is 0 Å². The average Bonchev–Trinajstić information content (AvgIpc) is 2.25. The van der Waals surface area contributed by atoms with Crippen molar-refractivity contribution >= 4 is 0 Å². The van der Waals surface area contributed by atoms with Crippen molar-refractivity contribution in [1.29, 1.82) is 0 Å². The minimum Gasteiger partial charge on any atom is -0.342 e. The van der Waals surface area contributed by atoms with Crippen LogP contribution in [0.15, 0.2) is 61.0 Å². The highest BCUT2D eigenvalue weighted by atomic mass is 15.1.